The van der Waals surface area contributed by atoms with Crippen molar-refractivity contribution < 1.29 is 4.79 Å². The number of aromatic nitrogens is 3. The molecule has 0 atom stereocenters. The van der Waals surface area contributed by atoms with Gasteiger partial charge in [0.25, 0.3) is 0 Å². The Balaban J connectivity index is 1.71. The van der Waals surface area contributed by atoms with Gasteiger partial charge in [-0.3, -0.25) is 4.79 Å². The lowest BCUT2D eigenvalue weighted by Crippen LogP contribution is -2.36. The summed E-state index contributed by atoms with van der Waals surface area (Å²) in [7, 11) is 0. The van der Waals surface area contributed by atoms with Crippen molar-refractivity contribution in [1.82, 2.24) is 19.7 Å². The predicted molar refractivity (Wildman–Crippen MR) is 97.0 cm³/mol. The summed E-state index contributed by atoms with van der Waals surface area (Å²) >= 11 is 1.49. The zero-order chi connectivity index (χ0) is 16.9. The number of likely N-dealkylation sites (tertiary alicyclic amines) is 1. The molecule has 128 valence electrons. The molecule has 0 N–H and O–H groups in total. The molecule has 0 unspecified atom stereocenters. The number of hydrogen-bond donors (Lipinski definition) is 0. The number of hydrogen-bond acceptors (Lipinski definition) is 4. The number of carbonyl (C=O) groups is 1. The van der Waals surface area contributed by atoms with Crippen molar-refractivity contribution >= 4 is 17.7 Å². The van der Waals surface area contributed by atoms with Crippen LogP contribution in [-0.2, 0) is 11.3 Å². The molecule has 0 radical (unpaired) electrons. The highest BCUT2D eigenvalue weighted by Crippen LogP contribution is 2.25. The summed E-state index contributed by atoms with van der Waals surface area (Å²) in [4.78, 5) is 14.3. The van der Waals surface area contributed by atoms with Crippen LogP contribution in [0.15, 0.2) is 29.4 Å². The minimum atomic E-state index is 0.211. The third-order valence-corrected chi connectivity index (χ3v) is 5.29. The zero-order valence-corrected chi connectivity index (χ0v) is 15.2. The summed E-state index contributed by atoms with van der Waals surface area (Å²) in [6.45, 7) is 6.74. The summed E-state index contributed by atoms with van der Waals surface area (Å²) in [6, 6.07) is 8.27. The number of rotatable bonds is 5. The summed E-state index contributed by atoms with van der Waals surface area (Å²) in [5, 5.41) is 9.49. The molecule has 2 aromatic rings. The highest BCUT2D eigenvalue weighted by Gasteiger charge is 2.19. The van der Waals surface area contributed by atoms with E-state index in [0.717, 1.165) is 49.0 Å². The molecule has 3 rings (SSSR count). The predicted octanol–water partition coefficient (Wildman–Crippen LogP) is 3.38. The topological polar surface area (TPSA) is 51.0 Å². The molecule has 0 bridgehead atoms. The molecule has 1 fully saturated rings. The van der Waals surface area contributed by atoms with E-state index in [0.29, 0.717) is 5.75 Å². The number of amides is 1. The fourth-order valence-corrected chi connectivity index (χ4v) is 3.94. The minimum Gasteiger partial charge on any atom is -0.342 e. The molecule has 0 saturated carbocycles. The Kier molecular flexibility index (Phi) is 5.56. The van der Waals surface area contributed by atoms with Gasteiger partial charge in [-0.25, -0.2) is 0 Å². The molecule has 1 aromatic carbocycles. The van der Waals surface area contributed by atoms with Gasteiger partial charge in [-0.15, -0.1) is 10.2 Å². The standard InChI is InChI=1S/C18H24N4OS/c1-3-22-17(15-9-7-8-14(2)12-15)19-20-18(22)24-13-16(23)21-10-5-4-6-11-21/h7-9,12H,3-6,10-11,13H2,1-2H3. The van der Waals surface area contributed by atoms with E-state index in [2.05, 4.69) is 46.8 Å². The van der Waals surface area contributed by atoms with E-state index in [1.807, 2.05) is 11.0 Å². The van der Waals surface area contributed by atoms with Crippen molar-refractivity contribution in [3.63, 3.8) is 0 Å². The van der Waals surface area contributed by atoms with E-state index < -0.39 is 0 Å². The summed E-state index contributed by atoms with van der Waals surface area (Å²) in [5.41, 5.74) is 2.27. The van der Waals surface area contributed by atoms with Crippen molar-refractivity contribution in [3.8, 4) is 11.4 Å². The van der Waals surface area contributed by atoms with Gasteiger partial charge >= 0.3 is 0 Å². The molecule has 24 heavy (non-hydrogen) atoms. The van der Waals surface area contributed by atoms with Crippen LogP contribution < -0.4 is 0 Å². The summed E-state index contributed by atoms with van der Waals surface area (Å²) in [6.07, 6.45) is 3.49. The van der Waals surface area contributed by atoms with Crippen molar-refractivity contribution in [2.45, 2.75) is 44.8 Å². The Morgan fingerprint density at radius 1 is 1.21 bits per heavy atom. The van der Waals surface area contributed by atoms with Crippen LogP contribution in [0.5, 0.6) is 0 Å². The molecule has 2 heterocycles. The normalized spacial score (nSPS) is 14.8. The van der Waals surface area contributed by atoms with Crippen molar-refractivity contribution in [1.29, 1.82) is 0 Å². The Hall–Kier alpha value is -1.82. The minimum absolute atomic E-state index is 0.211. The zero-order valence-electron chi connectivity index (χ0n) is 14.4. The highest BCUT2D eigenvalue weighted by molar-refractivity contribution is 7.99. The third-order valence-electron chi connectivity index (χ3n) is 4.34. The Morgan fingerprint density at radius 2 is 2.00 bits per heavy atom. The van der Waals surface area contributed by atoms with Crippen molar-refractivity contribution in [3.05, 3.63) is 29.8 Å². The third kappa shape index (κ3) is 3.80. The molecule has 1 aliphatic heterocycles. The molecule has 1 amide bonds. The van der Waals surface area contributed by atoms with Gasteiger partial charge in [0, 0.05) is 25.2 Å². The highest BCUT2D eigenvalue weighted by atomic mass is 32.2. The molecule has 1 aliphatic rings. The summed E-state index contributed by atoms with van der Waals surface area (Å²) < 4.78 is 2.09. The van der Waals surface area contributed by atoms with Crippen LogP contribution in [-0.4, -0.2) is 44.4 Å². The molecule has 0 aliphatic carbocycles. The smallest absolute Gasteiger partial charge is 0.233 e. The molecule has 1 aromatic heterocycles. The second-order valence-electron chi connectivity index (χ2n) is 6.15. The quantitative estimate of drug-likeness (QED) is 0.780. The van der Waals surface area contributed by atoms with Crippen LogP contribution in [0.25, 0.3) is 11.4 Å². The number of carbonyl (C=O) groups excluding carboxylic acids is 1. The Labute approximate surface area is 147 Å². The lowest BCUT2D eigenvalue weighted by Gasteiger charge is -2.26. The molecule has 5 nitrogen and oxygen atoms in total. The van der Waals surface area contributed by atoms with Crippen LogP contribution >= 0.6 is 11.8 Å². The van der Waals surface area contributed by atoms with Gasteiger partial charge in [-0.2, -0.15) is 0 Å². The maximum absolute atomic E-state index is 12.3. The fraction of sp³-hybridized carbons (Fsp3) is 0.500. The van der Waals surface area contributed by atoms with Crippen LogP contribution in [0.2, 0.25) is 0 Å². The largest absolute Gasteiger partial charge is 0.342 e. The number of nitrogens with zero attached hydrogens (tertiary/aromatic N) is 4. The number of benzene rings is 1. The van der Waals surface area contributed by atoms with E-state index in [-0.39, 0.29) is 5.91 Å². The number of thioether (sulfide) groups is 1. The van der Waals surface area contributed by atoms with E-state index in [1.54, 1.807) is 0 Å². The first-order chi connectivity index (χ1) is 11.7. The summed E-state index contributed by atoms with van der Waals surface area (Å²) in [5.74, 6) is 1.52. The first kappa shape index (κ1) is 17.0. The van der Waals surface area contributed by atoms with Crippen LogP contribution in [0.3, 0.4) is 0 Å². The number of aryl methyl sites for hydroxylation is 1. The molecule has 6 heteroatoms. The average molecular weight is 344 g/mol. The van der Waals surface area contributed by atoms with Gasteiger partial charge in [0.05, 0.1) is 5.75 Å². The second kappa shape index (κ2) is 7.83. The first-order valence-corrected chi connectivity index (χ1v) is 9.58. The molecular formula is C18H24N4OS. The lowest BCUT2D eigenvalue weighted by atomic mass is 10.1. The van der Waals surface area contributed by atoms with Crippen molar-refractivity contribution in [2.24, 2.45) is 0 Å². The van der Waals surface area contributed by atoms with Crippen LogP contribution in [0, 0.1) is 6.92 Å². The second-order valence-corrected chi connectivity index (χ2v) is 7.09. The van der Waals surface area contributed by atoms with Crippen molar-refractivity contribution in [2.75, 3.05) is 18.8 Å². The first-order valence-electron chi connectivity index (χ1n) is 8.60. The van der Waals surface area contributed by atoms with Gasteiger partial charge in [0.1, 0.15) is 0 Å². The lowest BCUT2D eigenvalue weighted by molar-refractivity contribution is -0.129. The maximum Gasteiger partial charge on any atom is 0.233 e. The monoisotopic (exact) mass is 344 g/mol. The number of piperidine rings is 1. The van der Waals surface area contributed by atoms with Crippen LogP contribution in [0.1, 0.15) is 31.7 Å². The van der Waals surface area contributed by atoms with Gasteiger partial charge in [0.2, 0.25) is 5.91 Å². The average Bonchev–Trinajstić information content (AvgIpc) is 3.03. The Bertz CT molecular complexity index is 707. The van der Waals surface area contributed by atoms with Gasteiger partial charge in [0.15, 0.2) is 11.0 Å². The van der Waals surface area contributed by atoms with E-state index in [1.165, 1.54) is 23.7 Å². The molecule has 0 spiro atoms. The van der Waals surface area contributed by atoms with Gasteiger partial charge < -0.3 is 9.47 Å². The van der Waals surface area contributed by atoms with Gasteiger partial charge in [-0.05, 0) is 39.2 Å². The molecule has 1 saturated heterocycles. The SMILES string of the molecule is CCn1c(SCC(=O)N2CCCCC2)nnc1-c1cccc(C)c1. The Morgan fingerprint density at radius 3 is 2.71 bits per heavy atom. The van der Waals surface area contributed by atoms with Gasteiger partial charge in [-0.1, -0.05) is 35.5 Å². The van der Waals surface area contributed by atoms with E-state index in [9.17, 15) is 4.79 Å². The fourth-order valence-electron chi connectivity index (χ4n) is 3.04. The molecular weight excluding hydrogens is 320 g/mol. The van der Waals surface area contributed by atoms with E-state index in [4.69, 9.17) is 0 Å². The van der Waals surface area contributed by atoms with Crippen LogP contribution in [0.4, 0.5) is 0 Å². The van der Waals surface area contributed by atoms with E-state index >= 15 is 0 Å². The maximum atomic E-state index is 12.3.